The summed E-state index contributed by atoms with van der Waals surface area (Å²) in [5.74, 6) is 0. The van der Waals surface area contributed by atoms with Crippen LogP contribution >= 0.6 is 11.8 Å². The molecule has 1 aliphatic rings. The lowest BCUT2D eigenvalue weighted by Gasteiger charge is -2.27. The SMILES string of the molecule is CSC1(CNCc2ccc3ccccc3c2)CCCC1. The maximum Gasteiger partial charge on any atom is 0.0281 e. The van der Waals surface area contributed by atoms with Crippen molar-refractivity contribution in [2.45, 2.75) is 37.0 Å². The Kier molecular flexibility index (Phi) is 4.32. The fraction of sp³-hybridized carbons (Fsp3) is 0.444. The molecule has 0 atom stereocenters. The number of benzene rings is 2. The van der Waals surface area contributed by atoms with Gasteiger partial charge in [0.1, 0.15) is 0 Å². The van der Waals surface area contributed by atoms with E-state index in [2.05, 4.69) is 65.8 Å². The molecule has 0 unspecified atom stereocenters. The van der Waals surface area contributed by atoms with Crippen LogP contribution in [0.2, 0.25) is 0 Å². The van der Waals surface area contributed by atoms with E-state index in [1.165, 1.54) is 42.0 Å². The maximum atomic E-state index is 3.68. The van der Waals surface area contributed by atoms with Crippen molar-refractivity contribution < 1.29 is 0 Å². The van der Waals surface area contributed by atoms with Crippen molar-refractivity contribution in [2.24, 2.45) is 0 Å². The molecule has 0 bridgehead atoms. The molecule has 3 rings (SSSR count). The summed E-state index contributed by atoms with van der Waals surface area (Å²) in [6, 6.07) is 15.4. The molecule has 1 saturated carbocycles. The van der Waals surface area contributed by atoms with Gasteiger partial charge in [-0.2, -0.15) is 11.8 Å². The monoisotopic (exact) mass is 285 g/mol. The number of hydrogen-bond acceptors (Lipinski definition) is 2. The lowest BCUT2D eigenvalue weighted by atomic mass is 10.1. The predicted molar refractivity (Wildman–Crippen MR) is 90.4 cm³/mol. The van der Waals surface area contributed by atoms with Gasteiger partial charge in [-0.25, -0.2) is 0 Å². The van der Waals surface area contributed by atoms with Crippen molar-refractivity contribution >= 4 is 22.5 Å². The zero-order chi connectivity index (χ0) is 13.8. The summed E-state index contributed by atoms with van der Waals surface area (Å²) in [6.07, 6.45) is 7.82. The molecule has 0 spiro atoms. The van der Waals surface area contributed by atoms with Crippen LogP contribution in [0.3, 0.4) is 0 Å². The predicted octanol–water partition coefficient (Wildman–Crippen LogP) is 4.61. The van der Waals surface area contributed by atoms with Gasteiger partial charge in [-0.1, -0.05) is 49.2 Å². The molecule has 1 aliphatic carbocycles. The first-order valence-corrected chi connectivity index (χ1v) is 8.77. The highest BCUT2D eigenvalue weighted by Crippen LogP contribution is 2.39. The van der Waals surface area contributed by atoms with Crippen LogP contribution in [0.25, 0.3) is 10.8 Å². The minimum atomic E-state index is 0.497. The molecule has 0 aromatic heterocycles. The van der Waals surface area contributed by atoms with Gasteiger partial charge in [0.15, 0.2) is 0 Å². The molecule has 2 aromatic rings. The van der Waals surface area contributed by atoms with Crippen molar-refractivity contribution in [3.05, 3.63) is 48.0 Å². The largest absolute Gasteiger partial charge is 0.311 e. The number of hydrogen-bond donors (Lipinski definition) is 1. The fourth-order valence-corrected chi connectivity index (χ4v) is 4.20. The van der Waals surface area contributed by atoms with Crippen molar-refractivity contribution in [2.75, 3.05) is 12.8 Å². The summed E-state index contributed by atoms with van der Waals surface area (Å²) < 4.78 is 0.497. The smallest absolute Gasteiger partial charge is 0.0281 e. The Morgan fingerprint density at radius 2 is 1.80 bits per heavy atom. The van der Waals surface area contributed by atoms with Gasteiger partial charge >= 0.3 is 0 Å². The van der Waals surface area contributed by atoms with Gasteiger partial charge in [0.05, 0.1) is 0 Å². The first-order chi connectivity index (χ1) is 9.81. The summed E-state index contributed by atoms with van der Waals surface area (Å²) in [6.45, 7) is 2.12. The van der Waals surface area contributed by atoms with Gasteiger partial charge in [0.2, 0.25) is 0 Å². The second kappa shape index (κ2) is 6.19. The molecule has 0 aliphatic heterocycles. The van der Waals surface area contributed by atoms with Crippen LogP contribution < -0.4 is 5.32 Å². The van der Waals surface area contributed by atoms with Crippen LogP contribution in [0.4, 0.5) is 0 Å². The van der Waals surface area contributed by atoms with E-state index in [9.17, 15) is 0 Å². The average molecular weight is 285 g/mol. The van der Waals surface area contributed by atoms with Crippen LogP contribution in [0.15, 0.2) is 42.5 Å². The minimum Gasteiger partial charge on any atom is -0.311 e. The van der Waals surface area contributed by atoms with Crippen LogP contribution in [0, 0.1) is 0 Å². The second-order valence-corrected chi connectivity index (χ2v) is 7.15. The van der Waals surface area contributed by atoms with Gasteiger partial charge in [-0.05, 0) is 41.5 Å². The molecule has 2 aromatic carbocycles. The topological polar surface area (TPSA) is 12.0 Å². The van der Waals surface area contributed by atoms with E-state index in [4.69, 9.17) is 0 Å². The second-order valence-electron chi connectivity index (χ2n) is 5.88. The fourth-order valence-electron chi connectivity index (χ4n) is 3.26. The maximum absolute atomic E-state index is 3.68. The van der Waals surface area contributed by atoms with E-state index in [1.807, 2.05) is 0 Å². The quantitative estimate of drug-likeness (QED) is 0.861. The van der Waals surface area contributed by atoms with Crippen LogP contribution in [-0.4, -0.2) is 17.5 Å². The van der Waals surface area contributed by atoms with Crippen LogP contribution in [-0.2, 0) is 6.54 Å². The first-order valence-electron chi connectivity index (χ1n) is 7.55. The van der Waals surface area contributed by atoms with Gasteiger partial charge in [-0.15, -0.1) is 0 Å². The van der Waals surface area contributed by atoms with E-state index >= 15 is 0 Å². The van der Waals surface area contributed by atoms with Crippen LogP contribution in [0.5, 0.6) is 0 Å². The Bertz CT molecular complexity index is 572. The van der Waals surface area contributed by atoms with Crippen molar-refractivity contribution in [3.8, 4) is 0 Å². The lowest BCUT2D eigenvalue weighted by Crippen LogP contribution is -2.34. The van der Waals surface area contributed by atoms with E-state index in [1.54, 1.807) is 0 Å². The Balaban J connectivity index is 1.62. The normalized spacial score (nSPS) is 17.6. The minimum absolute atomic E-state index is 0.497. The molecule has 106 valence electrons. The summed E-state index contributed by atoms with van der Waals surface area (Å²) in [7, 11) is 0. The number of nitrogens with one attached hydrogen (secondary N) is 1. The third-order valence-corrected chi connectivity index (χ3v) is 5.96. The molecule has 0 amide bonds. The zero-order valence-corrected chi connectivity index (χ0v) is 13.0. The van der Waals surface area contributed by atoms with Gasteiger partial charge in [0, 0.05) is 17.8 Å². The molecule has 1 nitrogen and oxygen atoms in total. The molecule has 0 saturated heterocycles. The molecule has 1 fully saturated rings. The average Bonchev–Trinajstić information content (AvgIpc) is 2.96. The summed E-state index contributed by atoms with van der Waals surface area (Å²) in [4.78, 5) is 0. The molecular formula is C18H23NS. The molecule has 1 N–H and O–H groups in total. The Labute approximate surface area is 126 Å². The third-order valence-electron chi connectivity index (χ3n) is 4.54. The van der Waals surface area contributed by atoms with E-state index < -0.39 is 0 Å². The van der Waals surface area contributed by atoms with Crippen molar-refractivity contribution in [3.63, 3.8) is 0 Å². The molecule has 0 heterocycles. The molecule has 2 heteroatoms. The highest BCUT2D eigenvalue weighted by atomic mass is 32.2. The highest BCUT2D eigenvalue weighted by molar-refractivity contribution is 8.00. The Morgan fingerprint density at radius 1 is 1.05 bits per heavy atom. The number of rotatable bonds is 5. The zero-order valence-electron chi connectivity index (χ0n) is 12.2. The van der Waals surface area contributed by atoms with Gasteiger partial charge in [0.25, 0.3) is 0 Å². The third kappa shape index (κ3) is 3.02. The molecule has 0 radical (unpaired) electrons. The highest BCUT2D eigenvalue weighted by Gasteiger charge is 2.32. The summed E-state index contributed by atoms with van der Waals surface area (Å²) in [5.41, 5.74) is 1.39. The Morgan fingerprint density at radius 3 is 2.55 bits per heavy atom. The first kappa shape index (κ1) is 14.0. The number of thioether (sulfide) groups is 1. The number of fused-ring (bicyclic) bond motifs is 1. The Hall–Kier alpha value is -0.990. The van der Waals surface area contributed by atoms with Gasteiger partial charge < -0.3 is 5.32 Å². The standard InChI is InChI=1S/C18H23NS/c1-20-18(10-4-5-11-18)14-19-13-15-8-9-16-6-2-3-7-17(16)12-15/h2-3,6-9,12,19H,4-5,10-11,13-14H2,1H3. The van der Waals surface area contributed by atoms with E-state index in [0.29, 0.717) is 4.75 Å². The van der Waals surface area contributed by atoms with Crippen LogP contribution in [0.1, 0.15) is 31.2 Å². The molecular weight excluding hydrogens is 262 g/mol. The lowest BCUT2D eigenvalue weighted by molar-refractivity contribution is 0.534. The summed E-state index contributed by atoms with van der Waals surface area (Å²) >= 11 is 2.06. The van der Waals surface area contributed by atoms with E-state index in [-0.39, 0.29) is 0 Å². The van der Waals surface area contributed by atoms with Gasteiger partial charge in [-0.3, -0.25) is 0 Å². The van der Waals surface area contributed by atoms with E-state index in [0.717, 1.165) is 13.1 Å². The summed E-state index contributed by atoms with van der Waals surface area (Å²) in [5, 5.41) is 6.35. The molecule has 20 heavy (non-hydrogen) atoms. The van der Waals surface area contributed by atoms with Crippen molar-refractivity contribution in [1.82, 2.24) is 5.32 Å². The van der Waals surface area contributed by atoms with Crippen molar-refractivity contribution in [1.29, 1.82) is 0 Å².